The lowest BCUT2D eigenvalue weighted by Gasteiger charge is -2.39. The second-order valence-corrected chi connectivity index (χ2v) is 10.2. The molecule has 0 spiro atoms. The Balaban J connectivity index is 1.34. The van der Waals surface area contributed by atoms with Crippen molar-refractivity contribution in [3.05, 3.63) is 89.5 Å². The third-order valence-corrected chi connectivity index (χ3v) is 8.40. The largest absolute Gasteiger partial charge is 0.378 e. The highest BCUT2D eigenvalue weighted by molar-refractivity contribution is 6.08. The first kappa shape index (κ1) is 21.7. The van der Waals surface area contributed by atoms with Gasteiger partial charge in [0.1, 0.15) is 0 Å². The van der Waals surface area contributed by atoms with Gasteiger partial charge in [-0.2, -0.15) is 0 Å². The van der Waals surface area contributed by atoms with E-state index in [0.717, 1.165) is 24.2 Å². The summed E-state index contributed by atoms with van der Waals surface area (Å²) in [6.07, 6.45) is 5.71. The fourth-order valence-electron chi connectivity index (χ4n) is 6.67. The highest BCUT2D eigenvalue weighted by Gasteiger charge is 2.40. The minimum atomic E-state index is 0.100. The second kappa shape index (κ2) is 8.52. The Morgan fingerprint density at radius 3 is 2.69 bits per heavy atom. The number of carbonyl (C=O) groups excluding carboxylic acids is 1. The molecule has 3 atom stereocenters. The van der Waals surface area contributed by atoms with Gasteiger partial charge in [-0.1, -0.05) is 48.6 Å². The van der Waals surface area contributed by atoms with Gasteiger partial charge < -0.3 is 19.5 Å². The number of hydrogen-bond acceptors (Lipinski definition) is 3. The van der Waals surface area contributed by atoms with Crippen molar-refractivity contribution >= 4 is 33.4 Å². The lowest BCUT2D eigenvalue weighted by atomic mass is 9.76. The van der Waals surface area contributed by atoms with Crippen molar-refractivity contribution < 1.29 is 9.53 Å². The molecular weight excluding hydrogens is 446 g/mol. The van der Waals surface area contributed by atoms with Crippen LogP contribution in [0.3, 0.4) is 0 Å². The van der Waals surface area contributed by atoms with Crippen LogP contribution in [0.1, 0.15) is 46.8 Å². The van der Waals surface area contributed by atoms with Gasteiger partial charge in [-0.25, -0.2) is 0 Å². The maximum atomic E-state index is 13.6. The first-order valence-corrected chi connectivity index (χ1v) is 13.2. The fraction of sp³-hybridized carbons (Fsp3) is 0.323. The average molecular weight is 478 g/mol. The minimum absolute atomic E-state index is 0.100. The van der Waals surface area contributed by atoms with Crippen molar-refractivity contribution in [1.82, 2.24) is 9.47 Å². The molecular formula is C31H31N3O2. The van der Waals surface area contributed by atoms with Crippen LogP contribution in [0.5, 0.6) is 0 Å². The Hall–Kier alpha value is -3.57. The van der Waals surface area contributed by atoms with Gasteiger partial charge in [-0.15, -0.1) is 0 Å². The molecule has 0 radical (unpaired) electrons. The number of fused-ring (bicyclic) bond motifs is 6. The molecule has 1 saturated heterocycles. The van der Waals surface area contributed by atoms with Crippen LogP contribution in [0.25, 0.3) is 21.8 Å². The number of nitrogens with zero attached hydrogens (tertiary/aromatic N) is 2. The number of amides is 1. The number of anilines is 1. The van der Waals surface area contributed by atoms with Crippen LogP contribution in [0, 0.1) is 5.92 Å². The van der Waals surface area contributed by atoms with Gasteiger partial charge in [0.15, 0.2) is 0 Å². The van der Waals surface area contributed by atoms with E-state index >= 15 is 0 Å². The standard InChI is InChI=1S/C31H31N3O2/c1-2-34-27-12-4-3-7-22(27)26-19-20(13-14-28(26)34)29-23-9-5-8-21(23)24-10-6-11-25(30(24)32-29)31(35)33-15-17-36-18-16-33/h3-8,10-14,19,21,23,29,32H,2,9,15-18H2,1H3. The summed E-state index contributed by atoms with van der Waals surface area (Å²) in [4.78, 5) is 15.5. The van der Waals surface area contributed by atoms with E-state index in [0.29, 0.717) is 38.1 Å². The molecule has 5 heteroatoms. The normalized spacial score (nSPS) is 23.0. The summed E-state index contributed by atoms with van der Waals surface area (Å²) in [5.74, 6) is 0.850. The third kappa shape index (κ3) is 3.22. The molecule has 3 aliphatic rings. The van der Waals surface area contributed by atoms with Crippen LogP contribution >= 0.6 is 0 Å². The monoisotopic (exact) mass is 477 g/mol. The van der Waals surface area contributed by atoms with Crippen molar-refractivity contribution in [2.24, 2.45) is 5.92 Å². The van der Waals surface area contributed by atoms with Gasteiger partial charge >= 0.3 is 0 Å². The number of rotatable bonds is 3. The summed E-state index contributed by atoms with van der Waals surface area (Å²) in [7, 11) is 0. The van der Waals surface area contributed by atoms with E-state index in [1.807, 2.05) is 17.0 Å². The predicted molar refractivity (Wildman–Crippen MR) is 145 cm³/mol. The van der Waals surface area contributed by atoms with Crippen molar-refractivity contribution in [3.63, 3.8) is 0 Å². The number of hydrogen-bond donors (Lipinski definition) is 1. The molecule has 4 aromatic rings. The molecule has 182 valence electrons. The molecule has 3 unspecified atom stereocenters. The van der Waals surface area contributed by atoms with E-state index in [9.17, 15) is 4.79 Å². The molecule has 1 N–H and O–H groups in total. The molecule has 3 aromatic carbocycles. The lowest BCUT2D eigenvalue weighted by Crippen LogP contribution is -2.41. The van der Waals surface area contributed by atoms with Gasteiger partial charge in [0.2, 0.25) is 0 Å². The number of ether oxygens (including phenoxy) is 1. The average Bonchev–Trinajstić information content (AvgIpc) is 3.55. The maximum Gasteiger partial charge on any atom is 0.256 e. The van der Waals surface area contributed by atoms with E-state index in [4.69, 9.17) is 4.74 Å². The zero-order chi connectivity index (χ0) is 24.2. The Kier molecular flexibility index (Phi) is 5.14. The molecule has 5 nitrogen and oxygen atoms in total. The fourth-order valence-corrected chi connectivity index (χ4v) is 6.67. The topological polar surface area (TPSA) is 46.5 Å². The van der Waals surface area contributed by atoms with Gasteiger partial charge in [0.25, 0.3) is 5.91 Å². The molecule has 0 bridgehead atoms. The number of benzene rings is 3. The molecule has 1 aliphatic carbocycles. The number of morpholine rings is 1. The van der Waals surface area contributed by atoms with Crippen LogP contribution in [0.4, 0.5) is 5.69 Å². The zero-order valence-electron chi connectivity index (χ0n) is 20.6. The van der Waals surface area contributed by atoms with Crippen molar-refractivity contribution in [1.29, 1.82) is 0 Å². The minimum Gasteiger partial charge on any atom is -0.378 e. The molecule has 1 aromatic heterocycles. The summed E-state index contributed by atoms with van der Waals surface area (Å²) >= 11 is 0. The van der Waals surface area contributed by atoms with Crippen molar-refractivity contribution in [2.45, 2.75) is 31.8 Å². The molecule has 7 rings (SSSR count). The van der Waals surface area contributed by atoms with Crippen molar-refractivity contribution in [3.8, 4) is 0 Å². The van der Waals surface area contributed by atoms with E-state index in [2.05, 4.69) is 77.5 Å². The number of para-hydroxylation sites is 2. The van der Waals surface area contributed by atoms with E-state index in [-0.39, 0.29) is 11.9 Å². The maximum absolute atomic E-state index is 13.6. The Bertz CT molecular complexity index is 1510. The summed E-state index contributed by atoms with van der Waals surface area (Å²) < 4.78 is 7.89. The number of aromatic nitrogens is 1. The van der Waals surface area contributed by atoms with Crippen molar-refractivity contribution in [2.75, 3.05) is 31.6 Å². The van der Waals surface area contributed by atoms with Crippen LogP contribution in [0.15, 0.2) is 72.8 Å². The van der Waals surface area contributed by atoms with Gasteiger partial charge in [-0.3, -0.25) is 4.79 Å². The van der Waals surface area contributed by atoms with Gasteiger partial charge in [0.05, 0.1) is 30.5 Å². The van der Waals surface area contributed by atoms with E-state index < -0.39 is 0 Å². The van der Waals surface area contributed by atoms with Crippen LogP contribution < -0.4 is 5.32 Å². The lowest BCUT2D eigenvalue weighted by molar-refractivity contribution is 0.0303. The molecule has 0 saturated carbocycles. The van der Waals surface area contributed by atoms with Gasteiger partial charge in [-0.05, 0) is 54.7 Å². The Morgan fingerprint density at radius 2 is 1.83 bits per heavy atom. The first-order chi connectivity index (χ1) is 17.7. The predicted octanol–water partition coefficient (Wildman–Crippen LogP) is 6.11. The number of nitrogens with one attached hydrogen (secondary N) is 1. The molecule has 1 fully saturated rings. The summed E-state index contributed by atoms with van der Waals surface area (Å²) in [5.41, 5.74) is 6.88. The zero-order valence-corrected chi connectivity index (χ0v) is 20.6. The summed E-state index contributed by atoms with van der Waals surface area (Å²) in [6, 6.07) is 22.0. The SMILES string of the molecule is CCn1c2ccccc2c2cc(C3Nc4c(C(=O)N5CCOCC5)cccc4C4C=CCC43)ccc21. The molecule has 36 heavy (non-hydrogen) atoms. The number of allylic oxidation sites excluding steroid dienone is 2. The van der Waals surface area contributed by atoms with Crippen LogP contribution in [-0.4, -0.2) is 41.7 Å². The highest BCUT2D eigenvalue weighted by Crippen LogP contribution is 2.51. The highest BCUT2D eigenvalue weighted by atomic mass is 16.5. The second-order valence-electron chi connectivity index (χ2n) is 10.2. The smallest absolute Gasteiger partial charge is 0.256 e. The Morgan fingerprint density at radius 1 is 1.00 bits per heavy atom. The third-order valence-electron chi connectivity index (χ3n) is 8.40. The van der Waals surface area contributed by atoms with Crippen LogP contribution in [0.2, 0.25) is 0 Å². The first-order valence-electron chi connectivity index (χ1n) is 13.2. The molecule has 1 amide bonds. The van der Waals surface area contributed by atoms with Crippen LogP contribution in [-0.2, 0) is 11.3 Å². The van der Waals surface area contributed by atoms with E-state index in [1.165, 1.54) is 32.9 Å². The number of carbonyl (C=O) groups is 1. The molecule has 2 aliphatic heterocycles. The summed E-state index contributed by atoms with van der Waals surface area (Å²) in [5, 5.41) is 6.49. The molecule has 3 heterocycles. The Labute approximate surface area is 211 Å². The van der Waals surface area contributed by atoms with E-state index in [1.54, 1.807) is 0 Å². The summed E-state index contributed by atoms with van der Waals surface area (Å²) in [6.45, 7) is 5.67. The quantitative estimate of drug-likeness (QED) is 0.362. The number of aryl methyl sites for hydroxylation is 1. The van der Waals surface area contributed by atoms with Gasteiger partial charge in [0, 0.05) is 47.4 Å².